The lowest BCUT2D eigenvalue weighted by molar-refractivity contribution is 0.234. The molecule has 0 saturated carbocycles. The number of rotatable bonds is 24. The van der Waals surface area contributed by atoms with Gasteiger partial charge in [0.25, 0.3) is 0 Å². The average Bonchev–Trinajstić information content (AvgIpc) is 2.73. The highest BCUT2D eigenvalue weighted by atomic mass is 32.3. The van der Waals surface area contributed by atoms with Gasteiger partial charge in [0.2, 0.25) is 0 Å². The van der Waals surface area contributed by atoms with Crippen LogP contribution in [0.5, 0.6) is 0 Å². The summed E-state index contributed by atoms with van der Waals surface area (Å²) in [6, 6.07) is 0. The monoisotopic (exact) mass is 460 g/mol. The molecule has 186 valence electrons. The maximum absolute atomic E-state index is 10.9. The summed E-state index contributed by atoms with van der Waals surface area (Å²) in [5.41, 5.74) is 0. The van der Waals surface area contributed by atoms with E-state index in [0.717, 1.165) is 19.3 Å². The van der Waals surface area contributed by atoms with E-state index in [1.165, 1.54) is 109 Å². The third-order valence-corrected chi connectivity index (χ3v) is 6.43. The van der Waals surface area contributed by atoms with Crippen LogP contribution in [0.3, 0.4) is 0 Å². The molecule has 0 fully saturated rings. The van der Waals surface area contributed by atoms with Gasteiger partial charge in [0.1, 0.15) is 0 Å². The highest BCUT2D eigenvalue weighted by Crippen LogP contribution is 2.17. The minimum atomic E-state index is -4.36. The molecule has 0 heterocycles. The molecule has 0 bridgehead atoms. The molecule has 0 amide bonds. The second kappa shape index (κ2) is 22.8. The molecule has 0 aliphatic rings. The Morgan fingerprint density at radius 3 is 1.55 bits per heavy atom. The van der Waals surface area contributed by atoms with E-state index in [2.05, 4.69) is 30.2 Å². The predicted octanol–water partition coefficient (Wildman–Crippen LogP) is 8.82. The van der Waals surface area contributed by atoms with Crippen LogP contribution in [0.1, 0.15) is 142 Å². The first-order valence-electron chi connectivity index (χ1n) is 13.3. The van der Waals surface area contributed by atoms with Crippen molar-refractivity contribution in [1.82, 2.24) is 0 Å². The van der Waals surface area contributed by atoms with Gasteiger partial charge in [0, 0.05) is 5.92 Å². The molecule has 0 saturated heterocycles. The largest absolute Gasteiger partial charge is 0.397 e. The third kappa shape index (κ3) is 25.7. The molecule has 0 aliphatic heterocycles. The van der Waals surface area contributed by atoms with Gasteiger partial charge in [-0.25, -0.2) is 4.18 Å². The Kier molecular flexibility index (Phi) is 22.5. The quantitative estimate of drug-likeness (QED) is 0.0887. The Morgan fingerprint density at radius 1 is 0.677 bits per heavy atom. The fourth-order valence-corrected chi connectivity index (χ4v) is 4.33. The maximum Gasteiger partial charge on any atom is 0.397 e. The summed E-state index contributed by atoms with van der Waals surface area (Å²) in [7, 11) is -4.36. The normalized spacial score (nSPS) is 13.3. The smallest absolute Gasteiger partial charge is 0.264 e. The Labute approximate surface area is 194 Å². The summed E-state index contributed by atoms with van der Waals surface area (Å²) in [5.74, 6) is 0.0602. The van der Waals surface area contributed by atoms with E-state index in [1.807, 2.05) is 0 Å². The number of unbranched alkanes of at least 4 members (excludes halogenated alkanes) is 17. The van der Waals surface area contributed by atoms with Gasteiger partial charge in [-0.3, -0.25) is 4.55 Å². The van der Waals surface area contributed by atoms with Gasteiger partial charge in [0.15, 0.2) is 0 Å². The van der Waals surface area contributed by atoms with Crippen LogP contribution in [0, 0.1) is 5.92 Å². The van der Waals surface area contributed by atoms with E-state index in [1.54, 1.807) is 0 Å². The van der Waals surface area contributed by atoms with Crippen LogP contribution in [0.15, 0.2) is 12.2 Å². The molecule has 1 unspecified atom stereocenters. The average molecular weight is 461 g/mol. The molecule has 0 radical (unpaired) electrons. The van der Waals surface area contributed by atoms with Crippen LogP contribution < -0.4 is 0 Å². The molecule has 0 spiro atoms. The topological polar surface area (TPSA) is 63.6 Å². The van der Waals surface area contributed by atoms with Gasteiger partial charge < -0.3 is 0 Å². The molecule has 1 N–H and O–H groups in total. The van der Waals surface area contributed by atoms with Crippen molar-refractivity contribution in [3.05, 3.63) is 12.2 Å². The van der Waals surface area contributed by atoms with E-state index in [0.29, 0.717) is 0 Å². The molecule has 0 aromatic heterocycles. The van der Waals surface area contributed by atoms with Gasteiger partial charge in [-0.05, 0) is 19.3 Å². The third-order valence-electron chi connectivity index (χ3n) is 5.99. The molecular weight excluding hydrogens is 408 g/mol. The van der Waals surface area contributed by atoms with E-state index in [-0.39, 0.29) is 12.5 Å². The van der Waals surface area contributed by atoms with Crippen molar-refractivity contribution in [2.45, 2.75) is 142 Å². The lowest BCUT2D eigenvalue weighted by Crippen LogP contribution is -2.12. The zero-order valence-electron chi connectivity index (χ0n) is 20.7. The van der Waals surface area contributed by atoms with Gasteiger partial charge in [0.05, 0.1) is 6.61 Å². The summed E-state index contributed by atoms with van der Waals surface area (Å²) in [6.45, 7) is 4.54. The van der Waals surface area contributed by atoms with Crippen molar-refractivity contribution in [3.63, 3.8) is 0 Å². The van der Waals surface area contributed by atoms with Crippen LogP contribution in [0.25, 0.3) is 0 Å². The molecule has 31 heavy (non-hydrogen) atoms. The van der Waals surface area contributed by atoms with E-state index in [9.17, 15) is 8.42 Å². The summed E-state index contributed by atoms with van der Waals surface area (Å²) in [6.07, 6.45) is 29.6. The van der Waals surface area contributed by atoms with Gasteiger partial charge in [-0.2, -0.15) is 8.42 Å². The molecular formula is C26H52O4S. The molecule has 0 rings (SSSR count). The fourth-order valence-electron chi connectivity index (χ4n) is 3.99. The number of hydrogen-bond acceptors (Lipinski definition) is 3. The molecule has 0 aromatic carbocycles. The van der Waals surface area contributed by atoms with E-state index in [4.69, 9.17) is 4.55 Å². The van der Waals surface area contributed by atoms with Gasteiger partial charge >= 0.3 is 10.4 Å². The Bertz CT molecular complexity index is 488. The molecule has 5 heteroatoms. The van der Waals surface area contributed by atoms with Crippen LogP contribution in [0.4, 0.5) is 0 Å². The lowest BCUT2D eigenvalue weighted by Gasteiger charge is -2.12. The standard InChI is InChI=1S/C26H52O4S/c1-3-5-7-9-11-13-15-17-19-21-23-26(25-30-31(27,28)29)24-22-20-18-16-14-12-10-8-6-4-2/h21,23,26H,3-20,22,24-25H2,1-2H3,(H,27,28,29)/b23-21+. The summed E-state index contributed by atoms with van der Waals surface area (Å²) < 4.78 is 35.4. The SMILES string of the molecule is CCCCCCCCCC/C=C/C(CCCCCCCCCCCC)COS(=O)(=O)O. The first-order chi connectivity index (χ1) is 15.0. The van der Waals surface area contributed by atoms with Crippen molar-refractivity contribution in [3.8, 4) is 0 Å². The summed E-state index contributed by atoms with van der Waals surface area (Å²) >= 11 is 0. The fraction of sp³-hybridized carbons (Fsp3) is 0.923. The number of allylic oxidation sites excluding steroid dienone is 1. The Hall–Kier alpha value is -0.390. The highest BCUT2D eigenvalue weighted by molar-refractivity contribution is 7.80. The maximum atomic E-state index is 10.9. The first-order valence-corrected chi connectivity index (χ1v) is 14.6. The highest BCUT2D eigenvalue weighted by Gasteiger charge is 2.11. The van der Waals surface area contributed by atoms with Crippen LogP contribution in [0.2, 0.25) is 0 Å². The van der Waals surface area contributed by atoms with Crippen molar-refractivity contribution < 1.29 is 17.2 Å². The van der Waals surface area contributed by atoms with Gasteiger partial charge in [-0.15, -0.1) is 0 Å². The predicted molar refractivity (Wildman–Crippen MR) is 134 cm³/mol. The molecule has 1 atom stereocenters. The van der Waals surface area contributed by atoms with Crippen molar-refractivity contribution in [2.75, 3.05) is 6.61 Å². The molecule has 0 aliphatic carbocycles. The first kappa shape index (κ1) is 30.6. The van der Waals surface area contributed by atoms with Crippen LogP contribution in [-0.4, -0.2) is 19.6 Å². The molecule has 4 nitrogen and oxygen atoms in total. The summed E-state index contributed by atoms with van der Waals surface area (Å²) in [5, 5.41) is 0. The Balaban J connectivity index is 3.90. The zero-order valence-corrected chi connectivity index (χ0v) is 21.5. The minimum Gasteiger partial charge on any atom is -0.264 e. The Morgan fingerprint density at radius 2 is 1.10 bits per heavy atom. The van der Waals surface area contributed by atoms with Gasteiger partial charge in [-0.1, -0.05) is 135 Å². The number of hydrogen-bond donors (Lipinski definition) is 1. The lowest BCUT2D eigenvalue weighted by atomic mass is 9.99. The van der Waals surface area contributed by atoms with E-state index >= 15 is 0 Å². The minimum absolute atomic E-state index is 0.0458. The molecule has 0 aromatic rings. The second-order valence-corrected chi connectivity index (χ2v) is 10.2. The van der Waals surface area contributed by atoms with Crippen molar-refractivity contribution in [2.24, 2.45) is 5.92 Å². The second-order valence-electron chi connectivity index (χ2n) is 9.13. The van der Waals surface area contributed by atoms with E-state index < -0.39 is 10.4 Å². The summed E-state index contributed by atoms with van der Waals surface area (Å²) in [4.78, 5) is 0. The van der Waals surface area contributed by atoms with Crippen LogP contribution >= 0.6 is 0 Å². The van der Waals surface area contributed by atoms with Crippen LogP contribution in [-0.2, 0) is 14.6 Å². The zero-order chi connectivity index (χ0) is 23.0. The van der Waals surface area contributed by atoms with Crippen molar-refractivity contribution >= 4 is 10.4 Å². The van der Waals surface area contributed by atoms with Crippen molar-refractivity contribution in [1.29, 1.82) is 0 Å².